The van der Waals surface area contributed by atoms with E-state index in [0.717, 1.165) is 17.9 Å². The van der Waals surface area contributed by atoms with Crippen LogP contribution in [-0.4, -0.2) is 40.6 Å². The fourth-order valence-corrected chi connectivity index (χ4v) is 2.37. The molecule has 1 aliphatic heterocycles. The summed E-state index contributed by atoms with van der Waals surface area (Å²) < 4.78 is 12.1. The molecule has 1 aromatic carbocycles. The van der Waals surface area contributed by atoms with Crippen molar-refractivity contribution in [1.29, 1.82) is 0 Å². The number of esters is 1. The zero-order valence-corrected chi connectivity index (χ0v) is 11.9. The first-order valence-corrected chi connectivity index (χ1v) is 7.07. The van der Waals surface area contributed by atoms with Gasteiger partial charge < -0.3 is 9.47 Å². The van der Waals surface area contributed by atoms with Crippen molar-refractivity contribution >= 4 is 5.97 Å². The zero-order valence-electron chi connectivity index (χ0n) is 11.9. The molecular weight excluding hydrogens is 270 g/mol. The summed E-state index contributed by atoms with van der Waals surface area (Å²) in [6.07, 6.45) is 0.883. The normalized spacial score (nSPS) is 17.9. The lowest BCUT2D eigenvalue weighted by Crippen LogP contribution is -2.09. The van der Waals surface area contributed by atoms with E-state index in [9.17, 15) is 4.79 Å². The predicted octanol–water partition coefficient (Wildman–Crippen LogP) is 1.95. The van der Waals surface area contributed by atoms with Gasteiger partial charge in [-0.25, -0.2) is 14.5 Å². The Morgan fingerprint density at radius 2 is 2.24 bits per heavy atom. The Morgan fingerprint density at radius 3 is 2.90 bits per heavy atom. The number of rotatable bonds is 4. The Hall–Kier alpha value is -2.21. The van der Waals surface area contributed by atoms with Crippen LogP contribution in [0.25, 0.3) is 5.69 Å². The summed E-state index contributed by atoms with van der Waals surface area (Å²) in [4.78, 5) is 16.2. The van der Waals surface area contributed by atoms with Gasteiger partial charge >= 0.3 is 5.97 Å². The van der Waals surface area contributed by atoms with Crippen LogP contribution in [-0.2, 0) is 9.47 Å². The summed E-state index contributed by atoms with van der Waals surface area (Å²) in [6, 6.07) is 9.66. The summed E-state index contributed by atoms with van der Waals surface area (Å²) >= 11 is 0. The largest absolute Gasteiger partial charge is 0.460 e. The quantitative estimate of drug-likeness (QED) is 0.804. The molecule has 0 bridgehead atoms. The lowest BCUT2D eigenvalue weighted by molar-refractivity contribution is 0.0512. The summed E-state index contributed by atoms with van der Waals surface area (Å²) in [5.41, 5.74) is 0.877. The maximum Gasteiger partial charge on any atom is 0.378 e. The first-order valence-electron chi connectivity index (χ1n) is 7.07. The summed E-state index contributed by atoms with van der Waals surface area (Å²) in [5, 5.41) is 4.32. The van der Waals surface area contributed by atoms with E-state index in [1.165, 1.54) is 0 Å². The molecule has 0 amide bonds. The van der Waals surface area contributed by atoms with Gasteiger partial charge in [-0.2, -0.15) is 0 Å². The van der Waals surface area contributed by atoms with Crippen LogP contribution in [0.5, 0.6) is 0 Å². The third kappa shape index (κ3) is 2.80. The third-order valence-electron chi connectivity index (χ3n) is 3.39. The van der Waals surface area contributed by atoms with Gasteiger partial charge in [-0.15, -0.1) is 5.10 Å². The number of para-hydroxylation sites is 1. The van der Waals surface area contributed by atoms with E-state index in [1.54, 1.807) is 11.6 Å². The first-order chi connectivity index (χ1) is 10.3. The molecule has 6 heteroatoms. The number of carbonyl (C=O) groups is 1. The molecule has 2 heterocycles. The second-order valence-electron chi connectivity index (χ2n) is 4.82. The molecule has 6 nitrogen and oxygen atoms in total. The molecule has 0 saturated carbocycles. The Labute approximate surface area is 122 Å². The van der Waals surface area contributed by atoms with Crippen LogP contribution in [0, 0.1) is 0 Å². The van der Waals surface area contributed by atoms with Crippen molar-refractivity contribution in [2.45, 2.75) is 19.3 Å². The topological polar surface area (TPSA) is 66.2 Å². The highest BCUT2D eigenvalue weighted by Gasteiger charge is 2.27. The van der Waals surface area contributed by atoms with Gasteiger partial charge in [0.2, 0.25) is 0 Å². The van der Waals surface area contributed by atoms with Crippen molar-refractivity contribution in [3.8, 4) is 5.69 Å². The molecule has 1 unspecified atom stereocenters. The van der Waals surface area contributed by atoms with Crippen LogP contribution >= 0.6 is 0 Å². The fraction of sp³-hybridized carbons (Fsp3) is 0.400. The number of ether oxygens (including phenoxy) is 2. The molecule has 3 rings (SSSR count). The number of benzene rings is 1. The lowest BCUT2D eigenvalue weighted by Gasteiger charge is -2.09. The Morgan fingerprint density at radius 1 is 1.43 bits per heavy atom. The van der Waals surface area contributed by atoms with Gasteiger partial charge in [-0.3, -0.25) is 0 Å². The third-order valence-corrected chi connectivity index (χ3v) is 3.39. The van der Waals surface area contributed by atoms with Crippen molar-refractivity contribution in [2.24, 2.45) is 0 Å². The molecule has 1 atom stereocenters. The lowest BCUT2D eigenvalue weighted by atomic mass is 10.1. The minimum absolute atomic E-state index is 0.0996. The van der Waals surface area contributed by atoms with E-state index in [1.807, 2.05) is 30.3 Å². The highest BCUT2D eigenvalue weighted by molar-refractivity contribution is 5.85. The Kier molecular flexibility index (Phi) is 3.96. The number of nitrogens with zero attached hydrogens (tertiary/aromatic N) is 3. The van der Waals surface area contributed by atoms with Crippen LogP contribution in [0.4, 0.5) is 0 Å². The molecule has 2 aromatic rings. The molecular formula is C15H17N3O3. The van der Waals surface area contributed by atoms with Crippen LogP contribution in [0.3, 0.4) is 0 Å². The molecule has 0 aliphatic carbocycles. The van der Waals surface area contributed by atoms with Gasteiger partial charge in [-0.05, 0) is 25.5 Å². The fourth-order valence-electron chi connectivity index (χ4n) is 2.37. The summed E-state index contributed by atoms with van der Waals surface area (Å²) in [6.45, 7) is 3.38. The molecule has 1 aromatic heterocycles. The standard InChI is InChI=1S/C15H17N3O3/c1-2-21-15(19)13-16-14(11-8-9-20-10-11)18(17-13)12-6-4-3-5-7-12/h3-7,11H,2,8-10H2,1H3. The van der Waals surface area contributed by atoms with Crippen molar-refractivity contribution in [1.82, 2.24) is 14.8 Å². The second kappa shape index (κ2) is 6.05. The first kappa shape index (κ1) is 13.8. The molecule has 110 valence electrons. The number of carbonyl (C=O) groups excluding carboxylic acids is 1. The zero-order chi connectivity index (χ0) is 14.7. The van der Waals surface area contributed by atoms with E-state index >= 15 is 0 Å². The Bertz CT molecular complexity index is 618. The van der Waals surface area contributed by atoms with Gasteiger partial charge in [-0.1, -0.05) is 18.2 Å². The monoisotopic (exact) mass is 287 g/mol. The van der Waals surface area contributed by atoms with Gasteiger partial charge in [0.15, 0.2) is 0 Å². The van der Waals surface area contributed by atoms with Crippen LogP contribution in [0.1, 0.15) is 35.7 Å². The second-order valence-corrected chi connectivity index (χ2v) is 4.82. The smallest absolute Gasteiger partial charge is 0.378 e. The molecule has 0 N–H and O–H groups in total. The SMILES string of the molecule is CCOC(=O)c1nc(C2CCOC2)n(-c2ccccc2)n1. The predicted molar refractivity (Wildman–Crippen MR) is 75.5 cm³/mol. The van der Waals surface area contributed by atoms with Gasteiger partial charge in [0.05, 0.1) is 18.9 Å². The summed E-state index contributed by atoms with van der Waals surface area (Å²) in [7, 11) is 0. The van der Waals surface area contributed by atoms with Crippen LogP contribution < -0.4 is 0 Å². The van der Waals surface area contributed by atoms with E-state index in [-0.39, 0.29) is 11.7 Å². The Balaban J connectivity index is 2.01. The summed E-state index contributed by atoms with van der Waals surface area (Å²) in [5.74, 6) is 0.512. The molecule has 1 aliphatic rings. The maximum atomic E-state index is 11.9. The maximum absolute atomic E-state index is 11.9. The highest BCUT2D eigenvalue weighted by Crippen LogP contribution is 2.25. The average molecular weight is 287 g/mol. The molecule has 21 heavy (non-hydrogen) atoms. The minimum atomic E-state index is -0.493. The molecule has 0 spiro atoms. The van der Waals surface area contributed by atoms with Gasteiger partial charge in [0.1, 0.15) is 5.82 Å². The van der Waals surface area contributed by atoms with E-state index < -0.39 is 5.97 Å². The van der Waals surface area contributed by atoms with Gasteiger partial charge in [0.25, 0.3) is 5.82 Å². The number of aromatic nitrogens is 3. The van der Waals surface area contributed by atoms with Crippen molar-refractivity contribution in [3.63, 3.8) is 0 Å². The van der Waals surface area contributed by atoms with Crippen molar-refractivity contribution < 1.29 is 14.3 Å². The average Bonchev–Trinajstić information content (AvgIpc) is 3.17. The van der Waals surface area contributed by atoms with E-state index in [4.69, 9.17) is 9.47 Å². The van der Waals surface area contributed by atoms with Crippen LogP contribution in [0.2, 0.25) is 0 Å². The van der Waals surface area contributed by atoms with Crippen LogP contribution in [0.15, 0.2) is 30.3 Å². The minimum Gasteiger partial charge on any atom is -0.460 e. The van der Waals surface area contributed by atoms with Crippen molar-refractivity contribution in [2.75, 3.05) is 19.8 Å². The highest BCUT2D eigenvalue weighted by atomic mass is 16.5. The number of hydrogen-bond donors (Lipinski definition) is 0. The van der Waals surface area contributed by atoms with E-state index in [2.05, 4.69) is 10.1 Å². The molecule has 1 saturated heterocycles. The molecule has 0 radical (unpaired) electrons. The van der Waals surface area contributed by atoms with Crippen molar-refractivity contribution in [3.05, 3.63) is 42.0 Å². The number of hydrogen-bond acceptors (Lipinski definition) is 5. The molecule has 1 fully saturated rings. The van der Waals surface area contributed by atoms with Gasteiger partial charge in [0, 0.05) is 12.5 Å². The van der Waals surface area contributed by atoms with E-state index in [0.29, 0.717) is 19.8 Å².